The Labute approximate surface area is 398 Å². The third-order valence-corrected chi connectivity index (χ3v) is 14.4. The van der Waals surface area contributed by atoms with Gasteiger partial charge in [0.15, 0.2) is 0 Å². The molecule has 3 amide bonds. The molecule has 1 aromatic rings. The first-order valence-corrected chi connectivity index (χ1v) is 24.7. The Balaban J connectivity index is 1.48. The van der Waals surface area contributed by atoms with Crippen LogP contribution in [0.25, 0.3) is 0 Å². The summed E-state index contributed by atoms with van der Waals surface area (Å²) in [5.41, 5.74) is 2.31. The highest BCUT2D eigenvalue weighted by Crippen LogP contribution is 2.39. The fourth-order valence-corrected chi connectivity index (χ4v) is 10.7. The number of urea groups is 1. The minimum Gasteiger partial charge on any atom is -0.456 e. The molecule has 374 valence electrons. The summed E-state index contributed by atoms with van der Waals surface area (Å²) in [6.45, 7) is 15.2. The number of carbonyl (C=O) groups excluding carboxylic acids is 5. The van der Waals surface area contributed by atoms with Gasteiger partial charge in [-0.2, -0.15) is 0 Å². The molecule has 67 heavy (non-hydrogen) atoms. The number of esters is 1. The Hall–Kier alpha value is -3.99. The highest BCUT2D eigenvalue weighted by molar-refractivity contribution is 6.39. The maximum absolute atomic E-state index is 14.6. The molecule has 14 unspecified atom stereocenters. The molecule has 3 heterocycles. The molecule has 0 aromatic heterocycles. The van der Waals surface area contributed by atoms with Crippen LogP contribution in [0, 0.1) is 29.6 Å². The van der Waals surface area contributed by atoms with Crippen LogP contribution in [0.15, 0.2) is 53.6 Å². The molecule has 15 nitrogen and oxygen atoms in total. The van der Waals surface area contributed by atoms with Crippen molar-refractivity contribution < 1.29 is 57.9 Å². The van der Waals surface area contributed by atoms with Crippen LogP contribution in [0.1, 0.15) is 126 Å². The molecule has 5 rings (SSSR count). The molecule has 0 spiro atoms. The molecule has 2 bridgehead atoms. The highest BCUT2D eigenvalue weighted by atomic mass is 16.7. The molecule has 3 aliphatic heterocycles. The molecule has 3 fully saturated rings. The van der Waals surface area contributed by atoms with Crippen molar-refractivity contribution in [2.45, 2.75) is 187 Å². The molecular formula is C52H79N3O12. The molecule has 2 saturated heterocycles. The Morgan fingerprint density at radius 1 is 0.955 bits per heavy atom. The zero-order valence-electron chi connectivity index (χ0n) is 41.5. The van der Waals surface area contributed by atoms with Gasteiger partial charge in [-0.15, -0.1) is 0 Å². The molecule has 14 atom stereocenters. The van der Waals surface area contributed by atoms with Crippen molar-refractivity contribution in [3.63, 3.8) is 0 Å². The second kappa shape index (κ2) is 24.5. The Kier molecular flexibility index (Phi) is 19.8. The number of amides is 3. The average Bonchev–Trinajstić information content (AvgIpc) is 3.29. The molecule has 4 N–H and O–H groups in total. The molecule has 15 heteroatoms. The van der Waals surface area contributed by atoms with E-state index in [9.17, 15) is 34.2 Å². The number of allylic oxidation sites excluding steroid dienone is 3. The van der Waals surface area contributed by atoms with Gasteiger partial charge >= 0.3 is 12.0 Å². The van der Waals surface area contributed by atoms with Gasteiger partial charge in [-0.1, -0.05) is 63.6 Å². The van der Waals surface area contributed by atoms with Crippen molar-refractivity contribution >= 4 is 35.2 Å². The summed E-state index contributed by atoms with van der Waals surface area (Å²) < 4.78 is 30.8. The van der Waals surface area contributed by atoms with Crippen molar-refractivity contribution in [2.24, 2.45) is 29.6 Å². The number of hydrogen-bond acceptors (Lipinski definition) is 12. The van der Waals surface area contributed by atoms with Gasteiger partial charge in [0.05, 0.1) is 36.6 Å². The number of para-hydroxylation sites is 1. The predicted molar refractivity (Wildman–Crippen MR) is 254 cm³/mol. The minimum absolute atomic E-state index is 0.0184. The number of hydrogen-bond donors (Lipinski definition) is 4. The number of anilines is 1. The van der Waals surface area contributed by atoms with Crippen molar-refractivity contribution in [3.8, 4) is 0 Å². The summed E-state index contributed by atoms with van der Waals surface area (Å²) in [5.74, 6) is -7.73. The summed E-state index contributed by atoms with van der Waals surface area (Å²) in [6, 6.07) is 7.44. The van der Waals surface area contributed by atoms with E-state index in [2.05, 4.69) is 17.6 Å². The summed E-state index contributed by atoms with van der Waals surface area (Å²) in [7, 11) is 3.06. The van der Waals surface area contributed by atoms with Gasteiger partial charge in [0.25, 0.3) is 11.7 Å². The van der Waals surface area contributed by atoms with E-state index in [4.69, 9.17) is 23.7 Å². The Bertz CT molecular complexity index is 1910. The SMILES string of the molecule is CCC1C=C(C)CC(C)CC(OC)C2OC(O)(C(=O)C(=O)N3CCCCC3C(=O)OC(C(C)=CC3CCC(NC(=O)Nc4ccccc4)C(OC(C)C)C3)C(C)C(O)CC1=O)C(C)CC2OC. The van der Waals surface area contributed by atoms with E-state index >= 15 is 0 Å². The zero-order chi connectivity index (χ0) is 49.2. The molecule has 1 saturated carbocycles. The number of nitrogens with one attached hydrogen (secondary N) is 2. The first-order chi connectivity index (χ1) is 31.8. The second-order valence-corrected chi connectivity index (χ2v) is 20.1. The third kappa shape index (κ3) is 13.8. The van der Waals surface area contributed by atoms with Crippen LogP contribution in [-0.4, -0.2) is 126 Å². The number of ether oxygens (including phenoxy) is 5. The Morgan fingerprint density at radius 3 is 2.30 bits per heavy atom. The topological polar surface area (TPSA) is 199 Å². The normalized spacial score (nSPS) is 35.8. The van der Waals surface area contributed by atoms with Crippen molar-refractivity contribution in [1.82, 2.24) is 10.2 Å². The lowest BCUT2D eigenvalue weighted by Crippen LogP contribution is -2.64. The van der Waals surface area contributed by atoms with E-state index in [0.717, 1.165) is 5.57 Å². The van der Waals surface area contributed by atoms with Gasteiger partial charge in [0.2, 0.25) is 5.79 Å². The van der Waals surface area contributed by atoms with Gasteiger partial charge in [0, 0.05) is 50.6 Å². The number of ketones is 2. The maximum atomic E-state index is 14.6. The molecule has 1 aromatic carbocycles. The number of fused-ring (bicyclic) bond motifs is 3. The number of benzene rings is 1. The largest absolute Gasteiger partial charge is 0.456 e. The lowest BCUT2D eigenvalue weighted by atomic mass is 9.80. The number of aliphatic hydroxyl groups excluding tert-OH is 1. The van der Waals surface area contributed by atoms with Crippen molar-refractivity contribution in [2.75, 3.05) is 26.1 Å². The van der Waals surface area contributed by atoms with E-state index in [0.29, 0.717) is 62.6 Å². The summed E-state index contributed by atoms with van der Waals surface area (Å²) in [4.78, 5) is 71.6. The van der Waals surface area contributed by atoms with Gasteiger partial charge in [-0.05, 0) is 121 Å². The lowest BCUT2D eigenvalue weighted by molar-refractivity contribution is -0.302. The van der Waals surface area contributed by atoms with Gasteiger partial charge in [-0.3, -0.25) is 14.4 Å². The van der Waals surface area contributed by atoms with Crippen LogP contribution in [0.2, 0.25) is 0 Å². The maximum Gasteiger partial charge on any atom is 0.329 e. The summed E-state index contributed by atoms with van der Waals surface area (Å²) >= 11 is 0. The number of cyclic esters (lactones) is 1. The summed E-state index contributed by atoms with van der Waals surface area (Å²) in [5, 5.41) is 30.0. The third-order valence-electron chi connectivity index (χ3n) is 14.4. The monoisotopic (exact) mass is 938 g/mol. The number of carbonyl (C=O) groups is 5. The fourth-order valence-electron chi connectivity index (χ4n) is 10.7. The molecule has 1 aliphatic carbocycles. The van der Waals surface area contributed by atoms with E-state index in [1.54, 1.807) is 13.8 Å². The Morgan fingerprint density at radius 2 is 1.64 bits per heavy atom. The molecule has 4 aliphatic rings. The van der Waals surface area contributed by atoms with Crippen LogP contribution >= 0.6 is 0 Å². The first-order valence-electron chi connectivity index (χ1n) is 24.7. The molecule has 0 radical (unpaired) electrons. The number of nitrogens with zero attached hydrogens (tertiary/aromatic N) is 1. The standard InChI is InChI=1S/C52H79N3O12/c1-11-37-24-31(4)23-32(5)25-44(63-9)47-45(64-10)27-34(7)52(62,67-47)48(58)49(59)55-22-16-15-19-40(55)50(60)66-46(35(8)41(56)29-42(37)57)33(6)26-36-20-21-39(43(28-36)65-30(2)3)54-51(61)53-38-17-13-12-14-18-38/h12-14,17-18,24,26,30,32,34-37,39-41,43-47,56,62H,11,15-16,19-23,25,27-29H2,1-10H3,(H2,53,54,61). The van der Waals surface area contributed by atoms with Crippen LogP contribution < -0.4 is 10.6 Å². The number of piperidine rings is 1. The highest BCUT2D eigenvalue weighted by Gasteiger charge is 2.56. The van der Waals surface area contributed by atoms with E-state index in [1.807, 2.05) is 77.1 Å². The predicted octanol–water partition coefficient (Wildman–Crippen LogP) is 7.08. The van der Waals surface area contributed by atoms with Gasteiger partial charge in [-0.25, -0.2) is 9.59 Å². The lowest BCUT2D eigenvalue weighted by Gasteiger charge is -2.47. The number of rotatable bonds is 9. The van der Waals surface area contributed by atoms with Crippen LogP contribution in [0.5, 0.6) is 0 Å². The van der Waals surface area contributed by atoms with Crippen molar-refractivity contribution in [1.29, 1.82) is 0 Å². The first kappa shape index (κ1) is 54.0. The minimum atomic E-state index is -2.52. The number of methoxy groups -OCH3 is 2. The fraction of sp³-hybridized carbons (Fsp3) is 0.712. The van der Waals surface area contributed by atoms with Crippen LogP contribution in [0.4, 0.5) is 10.5 Å². The van der Waals surface area contributed by atoms with Crippen LogP contribution in [-0.2, 0) is 42.9 Å². The van der Waals surface area contributed by atoms with Crippen molar-refractivity contribution in [3.05, 3.63) is 53.6 Å². The van der Waals surface area contributed by atoms with Gasteiger partial charge in [0.1, 0.15) is 24.0 Å². The van der Waals surface area contributed by atoms with Gasteiger partial charge < -0.3 is 49.4 Å². The van der Waals surface area contributed by atoms with E-state index in [1.165, 1.54) is 19.1 Å². The van der Waals surface area contributed by atoms with E-state index in [-0.39, 0.29) is 67.7 Å². The second-order valence-electron chi connectivity index (χ2n) is 20.1. The van der Waals surface area contributed by atoms with Crippen LogP contribution in [0.3, 0.4) is 0 Å². The van der Waals surface area contributed by atoms with E-state index < -0.39 is 77.8 Å². The smallest absolute Gasteiger partial charge is 0.329 e. The quantitative estimate of drug-likeness (QED) is 0.112. The number of Topliss-reactive ketones (excluding diaryl/α,β-unsaturated/α-hetero) is 2. The average molecular weight is 938 g/mol. The molecular weight excluding hydrogens is 859 g/mol. The summed E-state index contributed by atoms with van der Waals surface area (Å²) in [6.07, 6.45) is 4.04. The number of aliphatic hydroxyl groups is 2. The zero-order valence-corrected chi connectivity index (χ0v) is 41.5.